The van der Waals surface area contributed by atoms with E-state index in [9.17, 15) is 15.0 Å². The number of phenols is 2. The molecule has 0 saturated heterocycles. The molecule has 0 amide bonds. The fraction of sp³-hybridized carbons (Fsp3) is 0.0714. The highest BCUT2D eigenvalue weighted by molar-refractivity contribution is 6.30. The third-order valence-electron chi connectivity index (χ3n) is 2.77. The summed E-state index contributed by atoms with van der Waals surface area (Å²) in [6.07, 6.45) is 0.485. The third kappa shape index (κ3) is 2.35. The number of aldehydes is 1. The number of ether oxygens (including phenoxy) is 1. The molecule has 0 saturated carbocycles. The van der Waals surface area contributed by atoms with E-state index in [-0.39, 0.29) is 11.3 Å². The first-order chi connectivity index (χ1) is 9.08. The minimum absolute atomic E-state index is 0.000576. The molecule has 0 aromatic heterocycles. The largest absolute Gasteiger partial charge is 0.504 e. The fourth-order valence-corrected chi connectivity index (χ4v) is 1.92. The maximum absolute atomic E-state index is 11.1. The highest BCUT2D eigenvalue weighted by Crippen LogP contribution is 2.43. The predicted molar refractivity (Wildman–Crippen MR) is 72.2 cm³/mol. The second-order valence-corrected chi connectivity index (χ2v) is 4.30. The van der Waals surface area contributed by atoms with Crippen LogP contribution in [0.25, 0.3) is 11.1 Å². The van der Waals surface area contributed by atoms with Crippen molar-refractivity contribution >= 4 is 17.9 Å². The van der Waals surface area contributed by atoms with E-state index < -0.39 is 11.5 Å². The maximum Gasteiger partial charge on any atom is 0.201 e. The zero-order valence-electron chi connectivity index (χ0n) is 10.1. The van der Waals surface area contributed by atoms with E-state index in [1.54, 1.807) is 24.3 Å². The molecule has 0 bridgehead atoms. The van der Waals surface area contributed by atoms with Crippen LogP contribution in [-0.2, 0) is 0 Å². The Bertz CT molecular complexity index is 620. The minimum Gasteiger partial charge on any atom is -0.504 e. The van der Waals surface area contributed by atoms with Crippen molar-refractivity contribution in [1.29, 1.82) is 0 Å². The molecule has 0 radical (unpaired) electrons. The van der Waals surface area contributed by atoms with Crippen molar-refractivity contribution in [2.45, 2.75) is 0 Å². The normalized spacial score (nSPS) is 10.2. The van der Waals surface area contributed by atoms with E-state index in [2.05, 4.69) is 0 Å². The van der Waals surface area contributed by atoms with Gasteiger partial charge in [0.2, 0.25) is 5.75 Å². The van der Waals surface area contributed by atoms with Crippen molar-refractivity contribution in [2.24, 2.45) is 0 Å². The Balaban J connectivity index is 2.71. The van der Waals surface area contributed by atoms with Gasteiger partial charge in [-0.2, -0.15) is 0 Å². The smallest absolute Gasteiger partial charge is 0.201 e. The molecule has 2 N–H and O–H groups in total. The SMILES string of the molecule is COc1cc(-c2ccc(Cl)cc2)c(C=O)c(O)c1O. The van der Waals surface area contributed by atoms with Crippen LogP contribution in [0.5, 0.6) is 17.2 Å². The lowest BCUT2D eigenvalue weighted by Gasteiger charge is -2.12. The number of halogens is 1. The molecule has 19 heavy (non-hydrogen) atoms. The number of hydrogen-bond donors (Lipinski definition) is 2. The maximum atomic E-state index is 11.1. The number of rotatable bonds is 3. The Kier molecular flexibility index (Phi) is 3.62. The molecule has 0 spiro atoms. The minimum atomic E-state index is -0.501. The van der Waals surface area contributed by atoms with Gasteiger partial charge in [-0.1, -0.05) is 23.7 Å². The van der Waals surface area contributed by atoms with Gasteiger partial charge in [0.25, 0.3) is 0 Å². The lowest BCUT2D eigenvalue weighted by Crippen LogP contribution is -1.93. The van der Waals surface area contributed by atoms with Crippen LogP contribution in [-0.4, -0.2) is 23.6 Å². The monoisotopic (exact) mass is 278 g/mol. The van der Waals surface area contributed by atoms with Gasteiger partial charge in [0, 0.05) is 5.02 Å². The van der Waals surface area contributed by atoms with Gasteiger partial charge in [0.15, 0.2) is 17.8 Å². The van der Waals surface area contributed by atoms with Crippen molar-refractivity contribution in [3.05, 3.63) is 40.9 Å². The molecular weight excluding hydrogens is 268 g/mol. The Hall–Kier alpha value is -2.20. The first kappa shape index (κ1) is 13.2. The Morgan fingerprint density at radius 2 is 1.79 bits per heavy atom. The molecule has 98 valence electrons. The summed E-state index contributed by atoms with van der Waals surface area (Å²) in [4.78, 5) is 11.1. The lowest BCUT2D eigenvalue weighted by molar-refractivity contribution is 0.112. The average molecular weight is 279 g/mol. The van der Waals surface area contributed by atoms with Crippen molar-refractivity contribution in [2.75, 3.05) is 7.11 Å². The van der Waals surface area contributed by atoms with Crippen LogP contribution in [0.2, 0.25) is 5.02 Å². The lowest BCUT2D eigenvalue weighted by atomic mass is 9.98. The summed E-state index contributed by atoms with van der Waals surface area (Å²) in [7, 11) is 1.36. The van der Waals surface area contributed by atoms with Gasteiger partial charge < -0.3 is 14.9 Å². The highest BCUT2D eigenvalue weighted by Gasteiger charge is 2.18. The number of carbonyl (C=O) groups excluding carboxylic acids is 1. The van der Waals surface area contributed by atoms with Crippen LogP contribution >= 0.6 is 11.6 Å². The zero-order valence-corrected chi connectivity index (χ0v) is 10.8. The molecule has 2 aromatic carbocycles. The van der Waals surface area contributed by atoms with Crippen LogP contribution in [0.1, 0.15) is 10.4 Å². The number of phenolic OH excluding ortho intramolecular Hbond substituents is 2. The van der Waals surface area contributed by atoms with Gasteiger partial charge >= 0.3 is 0 Å². The van der Waals surface area contributed by atoms with Crippen LogP contribution in [0, 0.1) is 0 Å². The quantitative estimate of drug-likeness (QED) is 0.668. The molecule has 2 aromatic rings. The number of methoxy groups -OCH3 is 1. The molecule has 0 fully saturated rings. The second kappa shape index (κ2) is 5.20. The predicted octanol–water partition coefficient (Wildman–Crippen LogP) is 3.24. The number of hydrogen-bond acceptors (Lipinski definition) is 4. The summed E-state index contributed by atoms with van der Waals surface area (Å²) in [6, 6.07) is 8.24. The Labute approximate surface area is 114 Å². The summed E-state index contributed by atoms with van der Waals surface area (Å²) in [5.74, 6) is -0.866. The first-order valence-corrected chi connectivity index (χ1v) is 5.80. The Morgan fingerprint density at radius 3 is 2.32 bits per heavy atom. The van der Waals surface area contributed by atoms with Gasteiger partial charge in [-0.15, -0.1) is 0 Å². The van der Waals surface area contributed by atoms with Crippen LogP contribution < -0.4 is 4.74 Å². The standard InChI is InChI=1S/C14H11ClO4/c1-19-12-6-10(8-2-4-9(15)5-3-8)11(7-16)13(17)14(12)18/h2-7,17-18H,1H3. The molecule has 4 nitrogen and oxygen atoms in total. The van der Waals surface area contributed by atoms with E-state index in [0.717, 1.165) is 0 Å². The first-order valence-electron chi connectivity index (χ1n) is 5.42. The van der Waals surface area contributed by atoms with Gasteiger partial charge in [0.1, 0.15) is 0 Å². The molecule has 0 atom stereocenters. The summed E-state index contributed by atoms with van der Waals surface area (Å²) in [6.45, 7) is 0. The summed E-state index contributed by atoms with van der Waals surface area (Å²) < 4.78 is 4.96. The summed E-state index contributed by atoms with van der Waals surface area (Å²) in [5, 5.41) is 20.1. The van der Waals surface area contributed by atoms with Crippen molar-refractivity contribution < 1.29 is 19.7 Å². The molecular formula is C14H11ClO4. The van der Waals surface area contributed by atoms with Crippen molar-refractivity contribution in [1.82, 2.24) is 0 Å². The van der Waals surface area contributed by atoms with E-state index in [1.165, 1.54) is 13.2 Å². The highest BCUT2D eigenvalue weighted by atomic mass is 35.5. The van der Waals surface area contributed by atoms with Crippen LogP contribution in [0.15, 0.2) is 30.3 Å². The second-order valence-electron chi connectivity index (χ2n) is 3.86. The number of carbonyl (C=O) groups is 1. The van der Waals surface area contributed by atoms with E-state index in [0.29, 0.717) is 22.4 Å². The molecule has 5 heteroatoms. The fourth-order valence-electron chi connectivity index (χ4n) is 1.79. The van der Waals surface area contributed by atoms with Gasteiger partial charge in [-0.05, 0) is 29.3 Å². The summed E-state index contributed by atoms with van der Waals surface area (Å²) >= 11 is 5.80. The van der Waals surface area contributed by atoms with E-state index in [4.69, 9.17) is 16.3 Å². The molecule has 0 aliphatic carbocycles. The molecule has 0 heterocycles. The Morgan fingerprint density at radius 1 is 1.16 bits per heavy atom. The molecule has 2 rings (SSSR count). The van der Waals surface area contributed by atoms with Crippen LogP contribution in [0.3, 0.4) is 0 Å². The molecule has 0 aliphatic heterocycles. The van der Waals surface area contributed by atoms with Gasteiger partial charge in [-0.3, -0.25) is 4.79 Å². The van der Waals surface area contributed by atoms with E-state index in [1.807, 2.05) is 0 Å². The topological polar surface area (TPSA) is 66.8 Å². The van der Waals surface area contributed by atoms with Gasteiger partial charge in [0.05, 0.1) is 12.7 Å². The van der Waals surface area contributed by atoms with Crippen molar-refractivity contribution in [3.8, 4) is 28.4 Å². The van der Waals surface area contributed by atoms with Gasteiger partial charge in [-0.25, -0.2) is 0 Å². The van der Waals surface area contributed by atoms with Crippen molar-refractivity contribution in [3.63, 3.8) is 0 Å². The molecule has 0 unspecified atom stereocenters. The number of benzene rings is 2. The molecule has 0 aliphatic rings. The van der Waals surface area contributed by atoms with E-state index >= 15 is 0 Å². The summed E-state index contributed by atoms with van der Waals surface area (Å²) in [5.41, 5.74) is 1.14. The average Bonchev–Trinajstić information content (AvgIpc) is 2.42. The van der Waals surface area contributed by atoms with Crippen LogP contribution in [0.4, 0.5) is 0 Å². The number of aromatic hydroxyl groups is 2. The zero-order chi connectivity index (χ0) is 14.0. The third-order valence-corrected chi connectivity index (χ3v) is 3.02.